The van der Waals surface area contributed by atoms with Crippen LogP contribution in [0.15, 0.2) is 34.7 Å². The molecule has 1 aliphatic rings. The summed E-state index contributed by atoms with van der Waals surface area (Å²) in [4.78, 5) is 24.5. The Morgan fingerprint density at radius 2 is 2.00 bits per heavy atom. The quantitative estimate of drug-likeness (QED) is 0.794. The van der Waals surface area contributed by atoms with Gasteiger partial charge in [-0.25, -0.2) is 0 Å². The van der Waals surface area contributed by atoms with Crippen molar-refractivity contribution in [1.82, 2.24) is 0 Å². The molecule has 0 atom stereocenters. The maximum atomic E-state index is 12.0. The summed E-state index contributed by atoms with van der Waals surface area (Å²) in [6, 6.07) is 9.34. The van der Waals surface area contributed by atoms with E-state index in [1.54, 1.807) is 24.1 Å². The maximum absolute atomic E-state index is 12.0. The third-order valence-corrected chi connectivity index (χ3v) is 4.08. The lowest BCUT2D eigenvalue weighted by Crippen LogP contribution is -2.39. The molecule has 2 heterocycles. The zero-order valence-corrected chi connectivity index (χ0v) is 12.3. The molecular weight excluding hydrogens is 266 g/mol. The number of fused-ring (bicyclic) bond motifs is 1. The monoisotopic (exact) mass is 283 g/mol. The highest BCUT2D eigenvalue weighted by molar-refractivity contribution is 5.97. The molecule has 0 spiro atoms. The van der Waals surface area contributed by atoms with Crippen LogP contribution in [0, 0.1) is 0 Å². The summed E-state index contributed by atoms with van der Waals surface area (Å²) < 4.78 is 5.48. The van der Waals surface area contributed by atoms with Crippen LogP contribution in [0.1, 0.15) is 36.4 Å². The van der Waals surface area contributed by atoms with E-state index in [0.717, 1.165) is 16.8 Å². The van der Waals surface area contributed by atoms with E-state index in [1.165, 1.54) is 0 Å². The predicted octanol–water partition coefficient (Wildman–Crippen LogP) is 3.40. The van der Waals surface area contributed by atoms with Crippen LogP contribution in [-0.2, 0) is 10.2 Å². The van der Waals surface area contributed by atoms with Crippen molar-refractivity contribution in [2.45, 2.75) is 25.7 Å². The number of carbonyl (C=O) groups excluding carboxylic acids is 2. The molecule has 21 heavy (non-hydrogen) atoms. The van der Waals surface area contributed by atoms with Gasteiger partial charge in [-0.1, -0.05) is 13.8 Å². The van der Waals surface area contributed by atoms with Crippen LogP contribution in [-0.4, -0.2) is 19.2 Å². The molecular formula is C17H17NO3. The number of hydrogen-bond acceptors (Lipinski definition) is 3. The van der Waals surface area contributed by atoms with Gasteiger partial charge in [0.25, 0.3) is 0 Å². The number of furan rings is 1. The fourth-order valence-corrected chi connectivity index (χ4v) is 2.82. The van der Waals surface area contributed by atoms with Crippen molar-refractivity contribution in [3.8, 4) is 11.3 Å². The largest absolute Gasteiger partial charge is 0.453 e. The van der Waals surface area contributed by atoms with Gasteiger partial charge in [0, 0.05) is 30.1 Å². The third kappa shape index (κ3) is 2.17. The molecule has 1 aromatic carbocycles. The van der Waals surface area contributed by atoms with Gasteiger partial charge in [0.15, 0.2) is 12.0 Å². The zero-order chi connectivity index (χ0) is 15.2. The Kier molecular flexibility index (Phi) is 2.97. The van der Waals surface area contributed by atoms with Gasteiger partial charge in [-0.3, -0.25) is 9.59 Å². The number of rotatable bonds is 2. The number of nitrogens with zero attached hydrogens (tertiary/aromatic N) is 1. The van der Waals surface area contributed by atoms with E-state index in [-0.39, 0.29) is 11.3 Å². The van der Waals surface area contributed by atoms with Crippen LogP contribution >= 0.6 is 0 Å². The van der Waals surface area contributed by atoms with Gasteiger partial charge < -0.3 is 9.32 Å². The van der Waals surface area contributed by atoms with Gasteiger partial charge in [-0.15, -0.1) is 0 Å². The van der Waals surface area contributed by atoms with Gasteiger partial charge in [0.1, 0.15) is 5.76 Å². The fraction of sp³-hybridized carbons (Fsp3) is 0.294. The molecule has 4 heteroatoms. The smallest absolute Gasteiger partial charge is 0.227 e. The zero-order valence-electron chi connectivity index (χ0n) is 12.3. The van der Waals surface area contributed by atoms with Gasteiger partial charge in [-0.05, 0) is 35.9 Å². The van der Waals surface area contributed by atoms with Gasteiger partial charge in [-0.2, -0.15) is 0 Å². The van der Waals surface area contributed by atoms with Crippen molar-refractivity contribution in [2.75, 3.05) is 11.9 Å². The Morgan fingerprint density at radius 3 is 2.67 bits per heavy atom. The van der Waals surface area contributed by atoms with Gasteiger partial charge >= 0.3 is 0 Å². The van der Waals surface area contributed by atoms with E-state index in [1.807, 2.05) is 18.2 Å². The number of aldehydes is 1. The van der Waals surface area contributed by atoms with Gasteiger partial charge in [0.05, 0.1) is 0 Å². The number of anilines is 1. The summed E-state index contributed by atoms with van der Waals surface area (Å²) >= 11 is 0. The van der Waals surface area contributed by atoms with E-state index in [4.69, 9.17) is 4.42 Å². The van der Waals surface area contributed by atoms with Crippen molar-refractivity contribution >= 4 is 17.9 Å². The summed E-state index contributed by atoms with van der Waals surface area (Å²) in [5, 5.41) is 0. The lowest BCUT2D eigenvalue weighted by molar-refractivity contribution is -0.119. The summed E-state index contributed by atoms with van der Waals surface area (Å²) in [5.41, 5.74) is 2.75. The molecule has 0 fully saturated rings. The highest BCUT2D eigenvalue weighted by atomic mass is 16.3. The summed E-state index contributed by atoms with van der Waals surface area (Å²) in [5.74, 6) is 1.10. The van der Waals surface area contributed by atoms with Crippen LogP contribution in [0.4, 0.5) is 5.69 Å². The first-order chi connectivity index (χ1) is 9.92. The van der Waals surface area contributed by atoms with E-state index in [2.05, 4.69) is 13.8 Å². The summed E-state index contributed by atoms with van der Waals surface area (Å²) in [6.45, 7) is 4.14. The second-order valence-electron chi connectivity index (χ2n) is 6.07. The highest BCUT2D eigenvalue weighted by Crippen LogP contribution is 2.41. The second-order valence-corrected chi connectivity index (χ2v) is 6.07. The SMILES string of the molecule is CN1C(=O)CC(C)(C)c2cc(-c3ccc(C=O)o3)ccc21. The van der Waals surface area contributed by atoms with Crippen LogP contribution in [0.5, 0.6) is 0 Å². The minimum absolute atomic E-state index is 0.126. The second kappa shape index (κ2) is 4.58. The standard InChI is InChI=1S/C17H17NO3/c1-17(2)9-16(20)18(3)14-6-4-11(8-13(14)17)15-7-5-12(10-19)21-15/h4-8,10H,9H2,1-3H3. The molecule has 3 rings (SSSR count). The Labute approximate surface area is 123 Å². The van der Waals surface area contributed by atoms with Crippen molar-refractivity contribution in [2.24, 2.45) is 0 Å². The first-order valence-electron chi connectivity index (χ1n) is 6.89. The maximum Gasteiger partial charge on any atom is 0.227 e. The third-order valence-electron chi connectivity index (χ3n) is 4.08. The molecule has 0 N–H and O–H groups in total. The van der Waals surface area contributed by atoms with Crippen molar-refractivity contribution in [1.29, 1.82) is 0 Å². The molecule has 0 aliphatic carbocycles. The van der Waals surface area contributed by atoms with E-state index in [0.29, 0.717) is 24.2 Å². The molecule has 4 nitrogen and oxygen atoms in total. The predicted molar refractivity (Wildman–Crippen MR) is 80.6 cm³/mol. The van der Waals surface area contributed by atoms with E-state index >= 15 is 0 Å². The average molecular weight is 283 g/mol. The van der Waals surface area contributed by atoms with Crippen molar-refractivity contribution in [3.63, 3.8) is 0 Å². The van der Waals surface area contributed by atoms with E-state index in [9.17, 15) is 9.59 Å². The van der Waals surface area contributed by atoms with Crippen LogP contribution in [0.25, 0.3) is 11.3 Å². The van der Waals surface area contributed by atoms with Crippen LogP contribution in [0.2, 0.25) is 0 Å². The molecule has 0 unspecified atom stereocenters. The molecule has 0 saturated carbocycles. The Bertz CT molecular complexity index is 727. The van der Waals surface area contributed by atoms with Crippen molar-refractivity contribution < 1.29 is 14.0 Å². The Hall–Kier alpha value is -2.36. The summed E-state index contributed by atoms with van der Waals surface area (Å²) in [6.07, 6.45) is 1.18. The van der Waals surface area contributed by atoms with Crippen LogP contribution in [0.3, 0.4) is 0 Å². The summed E-state index contributed by atoms with van der Waals surface area (Å²) in [7, 11) is 1.80. The fourth-order valence-electron chi connectivity index (χ4n) is 2.82. The van der Waals surface area contributed by atoms with E-state index < -0.39 is 0 Å². The molecule has 2 aromatic rings. The number of hydrogen-bond donors (Lipinski definition) is 0. The molecule has 108 valence electrons. The minimum atomic E-state index is -0.213. The van der Waals surface area contributed by atoms with Crippen molar-refractivity contribution in [3.05, 3.63) is 41.7 Å². The molecule has 1 amide bonds. The first kappa shape index (κ1) is 13.6. The molecule has 1 aliphatic heterocycles. The van der Waals surface area contributed by atoms with Crippen LogP contribution < -0.4 is 4.90 Å². The highest BCUT2D eigenvalue weighted by Gasteiger charge is 2.35. The lowest BCUT2D eigenvalue weighted by atomic mass is 9.77. The Morgan fingerprint density at radius 1 is 1.24 bits per heavy atom. The average Bonchev–Trinajstić information content (AvgIpc) is 2.93. The molecule has 1 aromatic heterocycles. The molecule has 0 radical (unpaired) electrons. The first-order valence-corrected chi connectivity index (χ1v) is 6.89. The molecule has 0 saturated heterocycles. The number of amides is 1. The van der Waals surface area contributed by atoms with Gasteiger partial charge in [0.2, 0.25) is 5.91 Å². The Balaban J connectivity index is 2.12. The number of benzene rings is 1. The topological polar surface area (TPSA) is 50.5 Å². The minimum Gasteiger partial charge on any atom is -0.453 e. The lowest BCUT2D eigenvalue weighted by Gasteiger charge is -2.37. The number of carbonyl (C=O) groups is 2. The molecule has 0 bridgehead atoms. The normalized spacial score (nSPS) is 16.7.